The molecule has 0 heterocycles. The zero-order valence-electron chi connectivity index (χ0n) is 14.7. The van der Waals surface area contributed by atoms with Crippen molar-refractivity contribution in [2.24, 2.45) is 0 Å². The third kappa shape index (κ3) is 6.30. The Bertz CT molecular complexity index is 701. The first-order valence-electron chi connectivity index (χ1n) is 8.27. The Hall–Kier alpha value is -2.82. The van der Waals surface area contributed by atoms with Crippen LogP contribution in [0.3, 0.4) is 0 Å². The van der Waals surface area contributed by atoms with Crippen LogP contribution in [0.25, 0.3) is 0 Å². The Balaban J connectivity index is 1.85. The van der Waals surface area contributed by atoms with Crippen LogP contribution in [0.4, 0.5) is 0 Å². The van der Waals surface area contributed by atoms with Crippen molar-refractivity contribution in [1.82, 2.24) is 10.2 Å². The summed E-state index contributed by atoms with van der Waals surface area (Å²) < 4.78 is 5.20. The number of rotatable bonds is 8. The van der Waals surface area contributed by atoms with E-state index in [9.17, 15) is 9.59 Å². The van der Waals surface area contributed by atoms with Crippen LogP contribution in [0.2, 0.25) is 0 Å². The van der Waals surface area contributed by atoms with Crippen LogP contribution in [0, 0.1) is 0 Å². The fourth-order valence-electron chi connectivity index (χ4n) is 2.47. The Morgan fingerprint density at radius 3 is 2.44 bits per heavy atom. The van der Waals surface area contributed by atoms with Gasteiger partial charge in [-0.1, -0.05) is 42.5 Å². The summed E-state index contributed by atoms with van der Waals surface area (Å²) in [5.41, 5.74) is 2.09. The molecule has 2 rings (SSSR count). The fourth-order valence-corrected chi connectivity index (χ4v) is 2.47. The zero-order valence-corrected chi connectivity index (χ0v) is 14.7. The number of hydrogen-bond acceptors (Lipinski definition) is 3. The lowest BCUT2D eigenvalue weighted by atomic mass is 10.1. The normalized spacial score (nSPS) is 10.2. The number of carbonyl (C=O) groups excluding carboxylic acids is 2. The molecule has 2 aromatic rings. The number of hydrogen-bond donors (Lipinski definition) is 1. The summed E-state index contributed by atoms with van der Waals surface area (Å²) in [6.45, 7) is 2.49. The second-order valence-corrected chi connectivity index (χ2v) is 5.80. The minimum Gasteiger partial charge on any atom is -0.497 e. The van der Waals surface area contributed by atoms with E-state index >= 15 is 0 Å². The molecule has 5 heteroatoms. The minimum atomic E-state index is -0.162. The van der Waals surface area contributed by atoms with Crippen LogP contribution < -0.4 is 10.1 Å². The Morgan fingerprint density at radius 2 is 1.76 bits per heavy atom. The van der Waals surface area contributed by atoms with Gasteiger partial charge in [-0.2, -0.15) is 0 Å². The Morgan fingerprint density at radius 1 is 1.04 bits per heavy atom. The summed E-state index contributed by atoms with van der Waals surface area (Å²) >= 11 is 0. The molecule has 0 bridgehead atoms. The molecule has 0 aliphatic carbocycles. The van der Waals surface area contributed by atoms with Crippen molar-refractivity contribution in [3.8, 4) is 5.75 Å². The predicted octanol–water partition coefficient (Wildman–Crippen LogP) is 2.40. The van der Waals surface area contributed by atoms with Gasteiger partial charge < -0.3 is 15.0 Å². The number of benzene rings is 2. The lowest BCUT2D eigenvalue weighted by Gasteiger charge is -2.20. The molecular formula is C20H24N2O3. The van der Waals surface area contributed by atoms with Crippen molar-refractivity contribution in [3.63, 3.8) is 0 Å². The quantitative estimate of drug-likeness (QED) is 0.803. The number of methoxy groups -OCH3 is 1. The smallest absolute Gasteiger partial charge is 0.239 e. The van der Waals surface area contributed by atoms with Gasteiger partial charge in [-0.05, 0) is 29.7 Å². The Kier molecular flexibility index (Phi) is 7.01. The molecule has 0 aliphatic rings. The van der Waals surface area contributed by atoms with Gasteiger partial charge in [0.1, 0.15) is 5.75 Å². The van der Waals surface area contributed by atoms with Crippen molar-refractivity contribution in [2.75, 3.05) is 20.2 Å². The maximum Gasteiger partial charge on any atom is 0.239 e. The number of amides is 2. The number of ether oxygens (including phenoxy) is 1. The molecular weight excluding hydrogens is 316 g/mol. The average molecular weight is 340 g/mol. The van der Waals surface area contributed by atoms with E-state index in [2.05, 4.69) is 5.32 Å². The van der Waals surface area contributed by atoms with Crippen molar-refractivity contribution in [1.29, 1.82) is 0 Å². The van der Waals surface area contributed by atoms with Gasteiger partial charge >= 0.3 is 0 Å². The van der Waals surface area contributed by atoms with Gasteiger partial charge in [0, 0.05) is 20.0 Å². The van der Waals surface area contributed by atoms with Crippen molar-refractivity contribution < 1.29 is 14.3 Å². The highest BCUT2D eigenvalue weighted by Gasteiger charge is 2.13. The maximum atomic E-state index is 12.1. The van der Waals surface area contributed by atoms with Crippen LogP contribution in [0.1, 0.15) is 18.1 Å². The minimum absolute atomic E-state index is 0.0616. The average Bonchev–Trinajstić information content (AvgIpc) is 2.64. The number of nitrogens with one attached hydrogen (secondary N) is 1. The van der Waals surface area contributed by atoms with Gasteiger partial charge in [0.15, 0.2) is 0 Å². The first-order chi connectivity index (χ1) is 12.1. The first kappa shape index (κ1) is 18.5. The highest BCUT2D eigenvalue weighted by atomic mass is 16.5. The molecule has 25 heavy (non-hydrogen) atoms. The SMILES string of the molecule is COc1cccc(CCN(CC(=O)NCc2ccccc2)C(C)=O)c1. The molecule has 0 fully saturated rings. The molecule has 2 amide bonds. The second-order valence-electron chi connectivity index (χ2n) is 5.80. The lowest BCUT2D eigenvalue weighted by molar-refractivity contribution is -0.134. The third-order valence-electron chi connectivity index (χ3n) is 3.92. The van der Waals surface area contributed by atoms with E-state index in [1.807, 2.05) is 54.6 Å². The summed E-state index contributed by atoms with van der Waals surface area (Å²) in [6.07, 6.45) is 0.669. The van der Waals surface area contributed by atoms with E-state index in [4.69, 9.17) is 4.74 Å². The van der Waals surface area contributed by atoms with Gasteiger partial charge in [-0.25, -0.2) is 0 Å². The standard InChI is InChI=1S/C20H24N2O3/c1-16(23)22(12-11-17-9-6-10-19(13-17)25-2)15-20(24)21-14-18-7-4-3-5-8-18/h3-10,13H,11-12,14-15H2,1-2H3,(H,21,24). The molecule has 0 unspecified atom stereocenters. The van der Waals surface area contributed by atoms with Crippen molar-refractivity contribution >= 4 is 11.8 Å². The molecule has 0 saturated carbocycles. The van der Waals surface area contributed by atoms with E-state index in [0.717, 1.165) is 16.9 Å². The molecule has 0 saturated heterocycles. The topological polar surface area (TPSA) is 58.6 Å². The monoisotopic (exact) mass is 340 g/mol. The summed E-state index contributed by atoms with van der Waals surface area (Å²) in [4.78, 5) is 25.5. The van der Waals surface area contributed by atoms with E-state index in [0.29, 0.717) is 19.5 Å². The van der Waals surface area contributed by atoms with Gasteiger partial charge in [-0.3, -0.25) is 9.59 Å². The Labute approximate surface area is 148 Å². The third-order valence-corrected chi connectivity index (χ3v) is 3.92. The summed E-state index contributed by atoms with van der Waals surface area (Å²) in [5, 5.41) is 2.85. The van der Waals surface area contributed by atoms with E-state index < -0.39 is 0 Å². The van der Waals surface area contributed by atoms with Crippen LogP contribution in [0.15, 0.2) is 54.6 Å². The molecule has 132 valence electrons. The van der Waals surface area contributed by atoms with E-state index in [1.54, 1.807) is 12.0 Å². The van der Waals surface area contributed by atoms with Crippen LogP contribution >= 0.6 is 0 Å². The maximum absolute atomic E-state index is 12.1. The molecule has 2 aromatic carbocycles. The van der Waals surface area contributed by atoms with Gasteiger partial charge in [0.25, 0.3) is 0 Å². The van der Waals surface area contributed by atoms with Crippen LogP contribution in [0.5, 0.6) is 5.75 Å². The molecule has 0 spiro atoms. The summed E-state index contributed by atoms with van der Waals surface area (Å²) in [6, 6.07) is 17.4. The van der Waals surface area contributed by atoms with Crippen LogP contribution in [-0.4, -0.2) is 36.9 Å². The molecule has 1 N–H and O–H groups in total. The van der Waals surface area contributed by atoms with Crippen molar-refractivity contribution in [3.05, 3.63) is 65.7 Å². The summed E-state index contributed by atoms with van der Waals surface area (Å²) in [7, 11) is 1.62. The van der Waals surface area contributed by atoms with Gasteiger partial charge in [0.05, 0.1) is 13.7 Å². The number of nitrogens with zero attached hydrogens (tertiary/aromatic N) is 1. The molecule has 0 radical (unpaired) electrons. The molecule has 5 nitrogen and oxygen atoms in total. The molecule has 0 atom stereocenters. The highest BCUT2D eigenvalue weighted by molar-refractivity contribution is 5.83. The summed E-state index contributed by atoms with van der Waals surface area (Å²) in [5.74, 6) is 0.509. The largest absolute Gasteiger partial charge is 0.497 e. The van der Waals surface area contributed by atoms with E-state index in [-0.39, 0.29) is 18.4 Å². The highest BCUT2D eigenvalue weighted by Crippen LogP contribution is 2.13. The predicted molar refractivity (Wildman–Crippen MR) is 97.2 cm³/mol. The molecule has 0 aliphatic heterocycles. The van der Waals surface area contributed by atoms with Gasteiger partial charge in [-0.15, -0.1) is 0 Å². The van der Waals surface area contributed by atoms with Crippen molar-refractivity contribution in [2.45, 2.75) is 19.9 Å². The molecule has 0 aromatic heterocycles. The van der Waals surface area contributed by atoms with Crippen LogP contribution in [-0.2, 0) is 22.6 Å². The fraction of sp³-hybridized carbons (Fsp3) is 0.300. The zero-order chi connectivity index (χ0) is 18.1. The van der Waals surface area contributed by atoms with Gasteiger partial charge in [0.2, 0.25) is 11.8 Å². The lowest BCUT2D eigenvalue weighted by Crippen LogP contribution is -2.40. The second kappa shape index (κ2) is 9.47. The van der Waals surface area contributed by atoms with E-state index in [1.165, 1.54) is 6.92 Å². The first-order valence-corrected chi connectivity index (χ1v) is 8.27. The number of carbonyl (C=O) groups is 2.